The van der Waals surface area contributed by atoms with Gasteiger partial charge in [-0.05, 0) is 90.8 Å². The summed E-state index contributed by atoms with van der Waals surface area (Å²) < 4.78 is 60.3. The minimum absolute atomic E-state index is 0.0140. The van der Waals surface area contributed by atoms with Gasteiger partial charge < -0.3 is 38.5 Å². The highest BCUT2D eigenvalue weighted by Gasteiger charge is 2.49. The Morgan fingerprint density at radius 2 is 1.49 bits per heavy atom. The molecule has 65 heavy (non-hydrogen) atoms. The number of likely N-dealkylation sites (N-methyl/N-ethyl adjacent to an activating group) is 1. The van der Waals surface area contributed by atoms with E-state index in [1.54, 1.807) is 22.5 Å². The Labute approximate surface area is 376 Å². The largest absolute Gasteiger partial charge is 0.456 e. The number of carbonyl (C=O) groups excluding carboxylic acids is 6. The number of aromatic nitrogens is 1. The summed E-state index contributed by atoms with van der Waals surface area (Å²) in [7, 11) is 1.45. The van der Waals surface area contributed by atoms with Gasteiger partial charge in [0, 0.05) is 45.8 Å². The van der Waals surface area contributed by atoms with Crippen molar-refractivity contribution in [1.82, 2.24) is 19.7 Å². The van der Waals surface area contributed by atoms with E-state index in [1.165, 1.54) is 55.3 Å². The van der Waals surface area contributed by atoms with Gasteiger partial charge in [-0.3, -0.25) is 28.9 Å². The predicted octanol–water partition coefficient (Wildman–Crippen LogP) is 6.63. The third-order valence-corrected chi connectivity index (χ3v) is 11.7. The minimum atomic E-state index is -1.44. The molecule has 0 radical (unpaired) electrons. The van der Waals surface area contributed by atoms with Crippen molar-refractivity contribution in [3.8, 4) is 11.3 Å². The number of nitrogens with zero attached hydrogens (tertiary/aromatic N) is 3. The van der Waals surface area contributed by atoms with E-state index in [4.69, 9.17) is 23.7 Å². The number of esters is 3. The number of likely N-dealkylation sites (tertiary alicyclic amines) is 1. The lowest BCUT2D eigenvalue weighted by atomic mass is 9.85. The van der Waals surface area contributed by atoms with Gasteiger partial charge >= 0.3 is 24.0 Å². The van der Waals surface area contributed by atoms with Crippen LogP contribution in [0.5, 0.6) is 0 Å². The lowest BCUT2D eigenvalue weighted by molar-refractivity contribution is -0.238. The van der Waals surface area contributed by atoms with Gasteiger partial charge in [0.05, 0.1) is 17.8 Å². The molecule has 2 aliphatic rings. The van der Waals surface area contributed by atoms with Gasteiger partial charge in [0.2, 0.25) is 11.8 Å². The van der Waals surface area contributed by atoms with Crippen LogP contribution >= 0.6 is 0 Å². The monoisotopic (exact) mass is 902 g/mol. The van der Waals surface area contributed by atoms with Crippen LogP contribution in [0.15, 0.2) is 72.8 Å². The van der Waals surface area contributed by atoms with Crippen molar-refractivity contribution >= 4 is 46.7 Å². The van der Waals surface area contributed by atoms with Crippen molar-refractivity contribution < 1.29 is 61.2 Å². The first-order valence-corrected chi connectivity index (χ1v) is 21.5. The summed E-state index contributed by atoms with van der Waals surface area (Å²) >= 11 is 0. The van der Waals surface area contributed by atoms with Crippen LogP contribution in [-0.2, 0) is 60.7 Å². The molecule has 3 aromatic carbocycles. The number of carbonyl (C=O) groups is 6. The lowest BCUT2D eigenvalue weighted by Crippen LogP contribution is -2.59. The summed E-state index contributed by atoms with van der Waals surface area (Å²) in [6.45, 7) is 10.6. The first-order valence-electron chi connectivity index (χ1n) is 21.5. The molecule has 348 valence electrons. The highest BCUT2D eigenvalue weighted by Crippen LogP contribution is 2.43. The van der Waals surface area contributed by atoms with Gasteiger partial charge in [-0.2, -0.15) is 0 Å². The predicted molar refractivity (Wildman–Crippen MR) is 233 cm³/mol. The van der Waals surface area contributed by atoms with E-state index in [9.17, 15) is 33.2 Å². The van der Waals surface area contributed by atoms with Crippen molar-refractivity contribution in [3.05, 3.63) is 95.6 Å². The Kier molecular flexibility index (Phi) is 15.0. The molecule has 0 spiro atoms. The minimum Gasteiger partial charge on any atom is -0.456 e. The molecular weight excluding hydrogens is 847 g/mol. The van der Waals surface area contributed by atoms with Crippen molar-refractivity contribution in [2.24, 2.45) is 5.41 Å². The maximum absolute atomic E-state index is 15.4. The van der Waals surface area contributed by atoms with Crippen LogP contribution in [0.25, 0.3) is 22.2 Å². The summed E-state index contributed by atoms with van der Waals surface area (Å²) in [5.74, 6) is -4.29. The van der Waals surface area contributed by atoms with E-state index in [-0.39, 0.29) is 31.1 Å². The third kappa shape index (κ3) is 11.1. The van der Waals surface area contributed by atoms with Crippen LogP contribution in [0.3, 0.4) is 0 Å². The van der Waals surface area contributed by atoms with E-state index in [0.29, 0.717) is 41.6 Å². The molecule has 15 nitrogen and oxygen atoms in total. The van der Waals surface area contributed by atoms with E-state index in [1.807, 2.05) is 51.1 Å². The molecule has 0 bridgehead atoms. The zero-order chi connectivity index (χ0) is 47.3. The number of amides is 3. The quantitative estimate of drug-likeness (QED) is 0.113. The first kappa shape index (κ1) is 48.1. The van der Waals surface area contributed by atoms with E-state index in [2.05, 4.69) is 5.32 Å². The molecule has 0 unspecified atom stereocenters. The van der Waals surface area contributed by atoms with Crippen LogP contribution < -0.4 is 5.32 Å². The van der Waals surface area contributed by atoms with Gasteiger partial charge in [-0.15, -0.1) is 0 Å². The highest BCUT2D eigenvalue weighted by atomic mass is 19.1. The van der Waals surface area contributed by atoms with Gasteiger partial charge in [0.25, 0.3) is 0 Å². The Bertz CT molecular complexity index is 2400. The normalized spacial score (nSPS) is 20.6. The molecule has 6 rings (SSSR count). The van der Waals surface area contributed by atoms with Crippen molar-refractivity contribution in [3.63, 3.8) is 0 Å². The molecule has 1 N–H and O–H groups in total. The number of rotatable bonds is 13. The fourth-order valence-corrected chi connectivity index (χ4v) is 8.50. The fraction of sp³-hybridized carbons (Fsp3) is 0.458. The summed E-state index contributed by atoms with van der Waals surface area (Å²) in [5, 5.41) is 3.46. The Balaban J connectivity index is 1.37. The average Bonchev–Trinajstić information content (AvgIpc) is 3.84. The zero-order valence-electron chi connectivity index (χ0n) is 37.8. The zero-order valence-corrected chi connectivity index (χ0v) is 37.8. The molecule has 2 aliphatic heterocycles. The van der Waals surface area contributed by atoms with E-state index < -0.39 is 89.6 Å². The van der Waals surface area contributed by atoms with Gasteiger partial charge in [0.15, 0.2) is 24.5 Å². The van der Waals surface area contributed by atoms with E-state index in [0.717, 1.165) is 19.4 Å². The summed E-state index contributed by atoms with van der Waals surface area (Å²) in [5.41, 5.74) is 1.77. The van der Waals surface area contributed by atoms with Crippen molar-refractivity contribution in [2.45, 2.75) is 117 Å². The number of ether oxygens (including phenoxy) is 5. The molecule has 0 aliphatic carbocycles. The lowest BCUT2D eigenvalue weighted by Gasteiger charge is -2.41. The Hall–Kier alpha value is -6.36. The SMILES string of the molecule is CC(=O)O[C@@H]1[C@@H](OC(C)=O)[C@H](OC(C)=O)CO[C@H]1n1c(-c2ccc(F)cc2)c(C[C@@H]2CCCN2C(=O)[C@@H](NC(=O)[C@H](C)N(C)C(=O)OCc2ccccc2)C(C)(C)C)c2ccc(F)cc21. The summed E-state index contributed by atoms with van der Waals surface area (Å²) in [6, 6.07) is 16.4. The van der Waals surface area contributed by atoms with E-state index >= 15 is 4.39 Å². The number of benzene rings is 3. The second-order valence-electron chi connectivity index (χ2n) is 17.6. The highest BCUT2D eigenvalue weighted by molar-refractivity contribution is 5.94. The molecule has 2 saturated heterocycles. The van der Waals surface area contributed by atoms with Crippen LogP contribution in [-0.4, -0.2) is 107 Å². The fourth-order valence-electron chi connectivity index (χ4n) is 8.50. The molecular formula is C48H56F2N4O11. The number of hydrogen-bond acceptors (Lipinski definition) is 11. The molecule has 3 amide bonds. The maximum Gasteiger partial charge on any atom is 0.410 e. The summed E-state index contributed by atoms with van der Waals surface area (Å²) in [6.07, 6.45) is -4.64. The van der Waals surface area contributed by atoms with Crippen LogP contribution in [0.1, 0.15) is 78.7 Å². The topological polar surface area (TPSA) is 172 Å². The standard InChI is InChI=1S/C48H56F2N4O11/c1-27(52(8)47(60)62-25-31-13-10-9-11-14-31)44(58)51-43(48(5,6)7)45(59)53-22-12-15-35(53)24-37-36-21-20-34(50)23-38(36)54(40(37)32-16-18-33(49)19-17-32)46-42(65-30(4)57)41(64-29(3)56)39(26-61-46)63-28(2)55/h9-11,13-14,16-21,23,27,35,39,41-43,46H,12,15,22,24-26H2,1-8H3,(H,51,58)/t27-,35-,39+,41-,42+,43+,46+/m0/s1. The van der Waals surface area contributed by atoms with Gasteiger partial charge in [-0.25, -0.2) is 13.6 Å². The average molecular weight is 903 g/mol. The van der Waals surface area contributed by atoms with Crippen LogP contribution in [0.2, 0.25) is 0 Å². The second kappa shape index (κ2) is 20.2. The molecule has 3 heterocycles. The van der Waals surface area contributed by atoms with Crippen molar-refractivity contribution in [2.75, 3.05) is 20.2 Å². The van der Waals surface area contributed by atoms with Gasteiger partial charge in [0.1, 0.15) is 30.3 Å². The van der Waals surface area contributed by atoms with Gasteiger partial charge in [-0.1, -0.05) is 51.1 Å². The third-order valence-electron chi connectivity index (χ3n) is 11.7. The first-order chi connectivity index (χ1) is 30.7. The molecule has 17 heteroatoms. The molecule has 4 aromatic rings. The van der Waals surface area contributed by atoms with Crippen LogP contribution in [0, 0.1) is 17.0 Å². The Morgan fingerprint density at radius 1 is 0.862 bits per heavy atom. The molecule has 0 saturated carbocycles. The second-order valence-corrected chi connectivity index (χ2v) is 17.6. The smallest absolute Gasteiger partial charge is 0.410 e. The molecule has 7 atom stereocenters. The number of hydrogen-bond donors (Lipinski definition) is 1. The number of nitrogens with one attached hydrogen (secondary N) is 1. The maximum atomic E-state index is 15.4. The number of halogens is 2. The molecule has 1 aromatic heterocycles. The Morgan fingerprint density at radius 3 is 2.12 bits per heavy atom. The number of fused-ring (bicyclic) bond motifs is 1. The molecule has 2 fully saturated rings. The van der Waals surface area contributed by atoms with Crippen molar-refractivity contribution in [1.29, 1.82) is 0 Å². The summed E-state index contributed by atoms with van der Waals surface area (Å²) in [4.78, 5) is 81.9. The van der Waals surface area contributed by atoms with Crippen LogP contribution in [0.4, 0.5) is 13.6 Å².